The summed E-state index contributed by atoms with van der Waals surface area (Å²) in [5, 5.41) is 6.95. The zero-order valence-electron chi connectivity index (χ0n) is 15.6. The number of halogens is 1. The van der Waals surface area contributed by atoms with Crippen LogP contribution in [0.15, 0.2) is 4.99 Å². The zero-order chi connectivity index (χ0) is 17.5. The molecule has 2 fully saturated rings. The van der Waals surface area contributed by atoms with E-state index in [4.69, 9.17) is 0 Å². The molecule has 1 aliphatic carbocycles. The molecular weight excluding hydrogens is 433 g/mol. The Morgan fingerprint density at radius 1 is 1.04 bits per heavy atom. The Balaban J connectivity index is 0.00000312. The first kappa shape index (κ1) is 22.0. The van der Waals surface area contributed by atoms with Crippen molar-refractivity contribution in [1.29, 1.82) is 0 Å². The maximum atomic E-state index is 11.8. The number of likely N-dealkylation sites (N-methyl/N-ethyl adjacent to an activating group) is 1. The number of aliphatic imine (C=N–C) groups is 1. The van der Waals surface area contributed by atoms with E-state index in [9.17, 15) is 9.59 Å². The second-order valence-electron chi connectivity index (χ2n) is 7.00. The lowest BCUT2D eigenvalue weighted by Gasteiger charge is -2.33. The number of carbonyl (C=O) groups is 2. The number of nitrogens with zero attached hydrogens (tertiary/aromatic N) is 3. The van der Waals surface area contributed by atoms with Gasteiger partial charge in [0, 0.05) is 46.2 Å². The summed E-state index contributed by atoms with van der Waals surface area (Å²) < 4.78 is 0. The Labute approximate surface area is 168 Å². The third-order valence-corrected chi connectivity index (χ3v) is 4.85. The van der Waals surface area contributed by atoms with Gasteiger partial charge < -0.3 is 20.4 Å². The van der Waals surface area contributed by atoms with E-state index in [-0.39, 0.29) is 42.3 Å². The van der Waals surface area contributed by atoms with Crippen molar-refractivity contribution < 1.29 is 9.59 Å². The molecule has 2 aliphatic rings. The van der Waals surface area contributed by atoms with Crippen molar-refractivity contribution in [3.8, 4) is 0 Å². The molecule has 0 aromatic carbocycles. The number of likely N-dealkylation sites (tertiary alicyclic amines) is 1. The highest BCUT2D eigenvalue weighted by Crippen LogP contribution is 2.17. The van der Waals surface area contributed by atoms with Gasteiger partial charge in [-0.25, -0.2) is 4.99 Å². The Morgan fingerprint density at radius 3 is 2.04 bits per heavy atom. The largest absolute Gasteiger partial charge is 0.354 e. The molecule has 1 saturated carbocycles. The number of hydrogen-bond donors (Lipinski definition) is 2. The Kier molecular flexibility index (Phi) is 9.52. The lowest BCUT2D eigenvalue weighted by Crippen LogP contribution is -2.51. The normalized spacial score (nSPS) is 19.3. The predicted molar refractivity (Wildman–Crippen MR) is 110 cm³/mol. The second kappa shape index (κ2) is 10.8. The molecule has 2 N–H and O–H groups in total. The van der Waals surface area contributed by atoms with Gasteiger partial charge in [0.25, 0.3) is 0 Å². The topological polar surface area (TPSA) is 77.0 Å². The molecule has 0 aromatic rings. The smallest absolute Gasteiger partial charge is 0.243 e. The van der Waals surface area contributed by atoms with Crippen LogP contribution < -0.4 is 10.6 Å². The quantitative estimate of drug-likeness (QED) is 0.372. The third-order valence-electron chi connectivity index (χ3n) is 4.85. The zero-order valence-corrected chi connectivity index (χ0v) is 17.9. The van der Waals surface area contributed by atoms with Gasteiger partial charge in [-0.05, 0) is 25.7 Å². The average Bonchev–Trinajstić information content (AvgIpc) is 3.05. The van der Waals surface area contributed by atoms with Gasteiger partial charge in [0.15, 0.2) is 5.96 Å². The number of nitrogens with one attached hydrogen (secondary N) is 2. The van der Waals surface area contributed by atoms with Crippen LogP contribution in [0.2, 0.25) is 0 Å². The molecule has 144 valence electrons. The fraction of sp³-hybridized carbons (Fsp3) is 0.824. The molecule has 1 heterocycles. The van der Waals surface area contributed by atoms with Crippen molar-refractivity contribution in [2.24, 2.45) is 4.99 Å². The fourth-order valence-electron chi connectivity index (χ4n) is 3.22. The van der Waals surface area contributed by atoms with Crippen molar-refractivity contribution in [2.75, 3.05) is 33.7 Å². The average molecular weight is 465 g/mol. The van der Waals surface area contributed by atoms with Crippen LogP contribution in [-0.4, -0.2) is 73.4 Å². The minimum atomic E-state index is -0.00563. The van der Waals surface area contributed by atoms with Gasteiger partial charge in [-0.3, -0.25) is 9.59 Å². The van der Waals surface area contributed by atoms with Gasteiger partial charge >= 0.3 is 0 Å². The lowest BCUT2D eigenvalue weighted by atomic mass is 10.1. The summed E-state index contributed by atoms with van der Waals surface area (Å²) >= 11 is 0. The highest BCUT2D eigenvalue weighted by atomic mass is 127. The lowest BCUT2D eigenvalue weighted by molar-refractivity contribution is -0.130. The fourth-order valence-corrected chi connectivity index (χ4v) is 3.22. The first-order valence-corrected chi connectivity index (χ1v) is 8.99. The Hall–Kier alpha value is -1.06. The van der Waals surface area contributed by atoms with Crippen molar-refractivity contribution >= 4 is 41.8 Å². The molecule has 1 saturated heterocycles. The van der Waals surface area contributed by atoms with E-state index < -0.39 is 0 Å². The summed E-state index contributed by atoms with van der Waals surface area (Å²) in [4.78, 5) is 31.2. The van der Waals surface area contributed by atoms with Gasteiger partial charge in [-0.15, -0.1) is 24.0 Å². The van der Waals surface area contributed by atoms with E-state index in [0.717, 1.165) is 44.7 Å². The summed E-state index contributed by atoms with van der Waals surface area (Å²) in [6.45, 7) is 3.33. The van der Waals surface area contributed by atoms with Crippen LogP contribution in [0.25, 0.3) is 0 Å². The Morgan fingerprint density at radius 2 is 1.56 bits per heavy atom. The maximum Gasteiger partial charge on any atom is 0.243 e. The minimum Gasteiger partial charge on any atom is -0.354 e. The molecule has 8 heteroatoms. The van der Waals surface area contributed by atoms with E-state index in [1.54, 1.807) is 25.9 Å². The summed E-state index contributed by atoms with van der Waals surface area (Å²) in [6, 6.07) is 0.741. The SMILES string of the molecule is CC(=O)N1CCC(NC(=NCC(=O)N(C)C)NC2CCCC2)CC1.I. The predicted octanol–water partition coefficient (Wildman–Crippen LogP) is 1.18. The number of rotatable bonds is 4. The van der Waals surface area contributed by atoms with Crippen LogP contribution >= 0.6 is 24.0 Å². The molecule has 0 bridgehead atoms. The van der Waals surface area contributed by atoms with Gasteiger partial charge in [-0.2, -0.15) is 0 Å². The molecule has 0 aromatic heterocycles. The van der Waals surface area contributed by atoms with Gasteiger partial charge in [0.2, 0.25) is 11.8 Å². The first-order chi connectivity index (χ1) is 11.5. The molecular formula is C17H32IN5O2. The number of hydrogen-bond acceptors (Lipinski definition) is 3. The highest BCUT2D eigenvalue weighted by molar-refractivity contribution is 14.0. The van der Waals surface area contributed by atoms with E-state index in [1.807, 2.05) is 4.90 Å². The summed E-state index contributed by atoms with van der Waals surface area (Å²) in [7, 11) is 3.49. The van der Waals surface area contributed by atoms with Crippen LogP contribution in [0, 0.1) is 0 Å². The van der Waals surface area contributed by atoms with Crippen molar-refractivity contribution in [2.45, 2.75) is 57.5 Å². The van der Waals surface area contributed by atoms with E-state index in [0.29, 0.717) is 12.1 Å². The van der Waals surface area contributed by atoms with Crippen LogP contribution in [0.1, 0.15) is 45.4 Å². The molecule has 25 heavy (non-hydrogen) atoms. The van der Waals surface area contributed by atoms with Gasteiger partial charge in [0.05, 0.1) is 0 Å². The van der Waals surface area contributed by atoms with Crippen LogP contribution in [0.4, 0.5) is 0 Å². The van der Waals surface area contributed by atoms with E-state index in [1.165, 1.54) is 12.8 Å². The number of guanidine groups is 1. The molecule has 0 unspecified atom stereocenters. The first-order valence-electron chi connectivity index (χ1n) is 8.99. The monoisotopic (exact) mass is 465 g/mol. The number of carbonyl (C=O) groups excluding carboxylic acids is 2. The molecule has 0 radical (unpaired) electrons. The third kappa shape index (κ3) is 7.37. The summed E-state index contributed by atoms with van der Waals surface area (Å²) in [5.41, 5.74) is 0. The van der Waals surface area contributed by atoms with Crippen LogP contribution in [-0.2, 0) is 9.59 Å². The van der Waals surface area contributed by atoms with Gasteiger partial charge in [0.1, 0.15) is 6.54 Å². The van der Waals surface area contributed by atoms with Gasteiger partial charge in [-0.1, -0.05) is 12.8 Å². The molecule has 1 aliphatic heterocycles. The van der Waals surface area contributed by atoms with Crippen LogP contribution in [0.5, 0.6) is 0 Å². The molecule has 2 rings (SSSR count). The molecule has 7 nitrogen and oxygen atoms in total. The molecule has 0 spiro atoms. The Bertz CT molecular complexity index is 470. The summed E-state index contributed by atoms with van der Waals surface area (Å²) in [5.74, 6) is 0.871. The number of piperidine rings is 1. The molecule has 0 atom stereocenters. The highest BCUT2D eigenvalue weighted by Gasteiger charge is 2.23. The van der Waals surface area contributed by atoms with Crippen molar-refractivity contribution in [3.05, 3.63) is 0 Å². The number of amides is 2. The minimum absolute atomic E-state index is 0. The molecule has 2 amide bonds. The van der Waals surface area contributed by atoms with Crippen molar-refractivity contribution in [3.63, 3.8) is 0 Å². The standard InChI is InChI=1S/C17H31N5O2.HI/c1-13(23)22-10-8-15(9-11-22)20-17(18-12-16(24)21(2)3)19-14-6-4-5-7-14;/h14-15H,4-12H2,1-3H3,(H2,18,19,20);1H. The van der Waals surface area contributed by atoms with Crippen LogP contribution in [0.3, 0.4) is 0 Å². The summed E-state index contributed by atoms with van der Waals surface area (Å²) in [6.07, 6.45) is 6.63. The maximum absolute atomic E-state index is 11.8. The van der Waals surface area contributed by atoms with Crippen molar-refractivity contribution in [1.82, 2.24) is 20.4 Å². The second-order valence-corrected chi connectivity index (χ2v) is 7.00. The van der Waals surface area contributed by atoms with E-state index in [2.05, 4.69) is 15.6 Å². The van der Waals surface area contributed by atoms with E-state index >= 15 is 0 Å².